The summed E-state index contributed by atoms with van der Waals surface area (Å²) in [6.07, 6.45) is 0. The van der Waals surface area contributed by atoms with Crippen LogP contribution in [0.3, 0.4) is 0 Å². The Labute approximate surface area is 78.3 Å². The Morgan fingerprint density at radius 2 is 1.77 bits per heavy atom. The van der Waals surface area contributed by atoms with Crippen LogP contribution in [-0.4, -0.2) is 42.9 Å². The lowest BCUT2D eigenvalue weighted by Gasteiger charge is -2.16. The molecule has 76 valence electrons. The van der Waals surface area contributed by atoms with Crippen molar-refractivity contribution in [3.05, 3.63) is 0 Å². The first-order chi connectivity index (χ1) is 6.09. The first kappa shape index (κ1) is 12.1. The van der Waals surface area contributed by atoms with Gasteiger partial charge in [-0.25, -0.2) is 0 Å². The van der Waals surface area contributed by atoms with E-state index in [0.29, 0.717) is 26.2 Å². The Morgan fingerprint density at radius 3 is 2.15 bits per heavy atom. The number of rotatable bonds is 5. The predicted molar refractivity (Wildman–Crippen MR) is 50.0 cm³/mol. The quantitative estimate of drug-likeness (QED) is 0.537. The van der Waals surface area contributed by atoms with E-state index in [1.54, 1.807) is 0 Å². The Kier molecular flexibility index (Phi) is 6.09. The summed E-state index contributed by atoms with van der Waals surface area (Å²) in [5.74, 6) is -0.441. The van der Waals surface area contributed by atoms with Crippen LogP contribution in [0.25, 0.3) is 0 Å². The fraction of sp³-hybridized carbons (Fsp3) is 0.750. The molecule has 0 radical (unpaired) electrons. The molecule has 0 bridgehead atoms. The molecule has 0 aromatic carbocycles. The number of carbonyl (C=O) groups excluding carboxylic acids is 2. The Balaban J connectivity index is 3.71. The lowest BCUT2D eigenvalue weighted by atomic mass is 10.4. The molecule has 13 heavy (non-hydrogen) atoms. The van der Waals surface area contributed by atoms with Crippen molar-refractivity contribution in [2.24, 2.45) is 5.73 Å². The highest BCUT2D eigenvalue weighted by Crippen LogP contribution is 1.88. The third-order valence-electron chi connectivity index (χ3n) is 1.59. The molecule has 0 unspecified atom stereocenters. The van der Waals surface area contributed by atoms with Gasteiger partial charge in [0.2, 0.25) is 11.8 Å². The van der Waals surface area contributed by atoms with Gasteiger partial charge >= 0.3 is 0 Å². The molecule has 0 aliphatic heterocycles. The fourth-order valence-electron chi connectivity index (χ4n) is 0.955. The van der Waals surface area contributed by atoms with E-state index in [1.165, 1.54) is 18.7 Å². The molecule has 3 N–H and O–H groups in total. The Hall–Kier alpha value is -0.940. The van der Waals surface area contributed by atoms with Gasteiger partial charge in [0.25, 0.3) is 0 Å². The van der Waals surface area contributed by atoms with Crippen molar-refractivity contribution < 1.29 is 9.59 Å². The maximum absolute atomic E-state index is 10.9. The van der Waals surface area contributed by atoms with Crippen molar-refractivity contribution >= 4 is 11.8 Å². The van der Waals surface area contributed by atoms with Gasteiger partial charge in [0.05, 0.1) is 0 Å². The standard InChI is InChI=1S/C8H17N3O2/c1-7(12)11(8(2)13)6-5-10-4-3-9/h10H,3-6,9H2,1-2H3. The highest BCUT2D eigenvalue weighted by atomic mass is 16.2. The minimum atomic E-state index is -0.220. The van der Waals surface area contributed by atoms with Gasteiger partial charge < -0.3 is 11.1 Å². The van der Waals surface area contributed by atoms with Crippen molar-refractivity contribution in [1.29, 1.82) is 0 Å². The van der Waals surface area contributed by atoms with Crippen LogP contribution in [0.15, 0.2) is 0 Å². The lowest BCUT2D eigenvalue weighted by molar-refractivity contribution is -0.141. The minimum absolute atomic E-state index is 0.220. The summed E-state index contributed by atoms with van der Waals surface area (Å²) in [5.41, 5.74) is 5.26. The highest BCUT2D eigenvalue weighted by molar-refractivity contribution is 5.92. The van der Waals surface area contributed by atoms with Crippen LogP contribution in [-0.2, 0) is 9.59 Å². The van der Waals surface area contributed by atoms with Gasteiger partial charge in [0.15, 0.2) is 0 Å². The third-order valence-corrected chi connectivity index (χ3v) is 1.59. The van der Waals surface area contributed by atoms with Crippen LogP contribution >= 0.6 is 0 Å². The number of nitrogens with one attached hydrogen (secondary N) is 1. The average molecular weight is 187 g/mol. The number of hydrogen-bond acceptors (Lipinski definition) is 4. The van der Waals surface area contributed by atoms with E-state index in [9.17, 15) is 9.59 Å². The number of nitrogens with zero attached hydrogens (tertiary/aromatic N) is 1. The Morgan fingerprint density at radius 1 is 1.23 bits per heavy atom. The molecule has 0 rings (SSSR count). The third kappa shape index (κ3) is 5.32. The van der Waals surface area contributed by atoms with E-state index >= 15 is 0 Å². The molecule has 0 aromatic rings. The van der Waals surface area contributed by atoms with Crippen LogP contribution in [0.1, 0.15) is 13.8 Å². The summed E-state index contributed by atoms with van der Waals surface area (Å²) in [7, 11) is 0. The maximum Gasteiger partial charge on any atom is 0.226 e. The second-order valence-corrected chi connectivity index (χ2v) is 2.73. The normalized spacial score (nSPS) is 9.77. The van der Waals surface area contributed by atoms with E-state index in [0.717, 1.165) is 0 Å². The molecular formula is C8H17N3O2. The smallest absolute Gasteiger partial charge is 0.226 e. The largest absolute Gasteiger partial charge is 0.329 e. The number of hydrogen-bond donors (Lipinski definition) is 2. The number of imide groups is 1. The number of amides is 2. The summed E-state index contributed by atoms with van der Waals surface area (Å²) in [6.45, 7) is 5.01. The predicted octanol–water partition coefficient (Wildman–Crippen LogP) is -1.07. The van der Waals surface area contributed by atoms with Gasteiger partial charge in [-0.15, -0.1) is 0 Å². The maximum atomic E-state index is 10.9. The van der Waals surface area contributed by atoms with Gasteiger partial charge in [-0.2, -0.15) is 0 Å². The van der Waals surface area contributed by atoms with Gasteiger partial charge in [-0.1, -0.05) is 0 Å². The molecular weight excluding hydrogens is 170 g/mol. The summed E-state index contributed by atoms with van der Waals surface area (Å²) in [5, 5.41) is 3.00. The monoisotopic (exact) mass is 187 g/mol. The van der Waals surface area contributed by atoms with E-state index in [2.05, 4.69) is 5.32 Å². The van der Waals surface area contributed by atoms with E-state index in [4.69, 9.17) is 5.73 Å². The molecule has 0 aliphatic carbocycles. The summed E-state index contributed by atoms with van der Waals surface area (Å²) < 4.78 is 0. The minimum Gasteiger partial charge on any atom is -0.329 e. The van der Waals surface area contributed by atoms with Crippen molar-refractivity contribution in [1.82, 2.24) is 10.2 Å². The molecule has 5 heteroatoms. The molecule has 2 amide bonds. The highest BCUT2D eigenvalue weighted by Gasteiger charge is 2.11. The van der Waals surface area contributed by atoms with E-state index in [-0.39, 0.29) is 11.8 Å². The van der Waals surface area contributed by atoms with Gasteiger partial charge in [0, 0.05) is 40.0 Å². The molecule has 5 nitrogen and oxygen atoms in total. The van der Waals surface area contributed by atoms with Crippen LogP contribution in [0.4, 0.5) is 0 Å². The molecule has 0 saturated heterocycles. The zero-order valence-corrected chi connectivity index (χ0v) is 8.17. The molecule has 0 saturated carbocycles. The van der Waals surface area contributed by atoms with Crippen LogP contribution in [0.5, 0.6) is 0 Å². The second-order valence-electron chi connectivity index (χ2n) is 2.73. The van der Waals surface area contributed by atoms with Gasteiger partial charge in [-0.05, 0) is 0 Å². The van der Waals surface area contributed by atoms with Crippen molar-refractivity contribution in [2.75, 3.05) is 26.2 Å². The zero-order chi connectivity index (χ0) is 10.3. The van der Waals surface area contributed by atoms with Crippen LogP contribution in [0, 0.1) is 0 Å². The SMILES string of the molecule is CC(=O)N(CCNCCN)C(C)=O. The summed E-state index contributed by atoms with van der Waals surface area (Å²) >= 11 is 0. The van der Waals surface area contributed by atoms with Crippen molar-refractivity contribution in [3.63, 3.8) is 0 Å². The first-order valence-electron chi connectivity index (χ1n) is 4.29. The van der Waals surface area contributed by atoms with Crippen LogP contribution in [0.2, 0.25) is 0 Å². The van der Waals surface area contributed by atoms with E-state index in [1.807, 2.05) is 0 Å². The van der Waals surface area contributed by atoms with Crippen molar-refractivity contribution in [3.8, 4) is 0 Å². The Bertz CT molecular complexity index is 168. The fourth-order valence-corrected chi connectivity index (χ4v) is 0.955. The zero-order valence-electron chi connectivity index (χ0n) is 8.17. The van der Waals surface area contributed by atoms with Gasteiger partial charge in [0.1, 0.15) is 0 Å². The number of carbonyl (C=O) groups is 2. The van der Waals surface area contributed by atoms with Crippen LogP contribution < -0.4 is 11.1 Å². The molecule has 0 fully saturated rings. The molecule has 0 atom stereocenters. The molecule has 0 aliphatic rings. The summed E-state index contributed by atoms with van der Waals surface area (Å²) in [4.78, 5) is 23.0. The van der Waals surface area contributed by atoms with E-state index < -0.39 is 0 Å². The molecule has 0 heterocycles. The van der Waals surface area contributed by atoms with Gasteiger partial charge in [-0.3, -0.25) is 14.5 Å². The summed E-state index contributed by atoms with van der Waals surface area (Å²) in [6, 6.07) is 0. The average Bonchev–Trinajstić information content (AvgIpc) is 2.02. The number of nitrogens with two attached hydrogens (primary N) is 1. The molecule has 0 aromatic heterocycles. The first-order valence-corrected chi connectivity index (χ1v) is 4.29. The lowest BCUT2D eigenvalue weighted by Crippen LogP contribution is -2.39. The topological polar surface area (TPSA) is 75.4 Å². The van der Waals surface area contributed by atoms with Crippen molar-refractivity contribution in [2.45, 2.75) is 13.8 Å². The molecule has 0 spiro atoms. The second kappa shape index (κ2) is 6.56.